The van der Waals surface area contributed by atoms with Gasteiger partial charge in [-0.05, 0) is 37.3 Å². The second kappa shape index (κ2) is 6.33. The topological polar surface area (TPSA) is 107 Å². The molecule has 1 amide bonds. The molecule has 2 N–H and O–H groups in total. The number of nitriles is 1. The lowest BCUT2D eigenvalue weighted by molar-refractivity contribution is -0.146. The molecule has 0 saturated carbocycles. The predicted octanol–water partition coefficient (Wildman–Crippen LogP) is 1.65. The van der Waals surface area contributed by atoms with E-state index in [1.807, 2.05) is 0 Å². The van der Waals surface area contributed by atoms with E-state index in [0.717, 1.165) is 42.2 Å². The van der Waals surface area contributed by atoms with Crippen LogP contribution in [0.3, 0.4) is 0 Å². The summed E-state index contributed by atoms with van der Waals surface area (Å²) in [6.45, 7) is 0. The van der Waals surface area contributed by atoms with Crippen molar-refractivity contribution in [3.63, 3.8) is 0 Å². The van der Waals surface area contributed by atoms with E-state index in [1.165, 1.54) is 11.3 Å². The molecule has 0 radical (unpaired) electrons. The molecule has 108 valence electrons. The number of carboxylic acid groups (broad SMARTS) is 1. The van der Waals surface area contributed by atoms with Gasteiger partial charge in [-0.3, -0.25) is 9.59 Å². The Labute approximate surface area is 124 Å². The maximum absolute atomic E-state index is 11.7. The van der Waals surface area contributed by atoms with Crippen molar-refractivity contribution >= 4 is 34.0 Å². The fraction of sp³-hybridized carbons (Fsp3) is 0.286. The third-order valence-corrected chi connectivity index (χ3v) is 4.32. The van der Waals surface area contributed by atoms with Gasteiger partial charge >= 0.3 is 5.97 Å². The van der Waals surface area contributed by atoms with Crippen LogP contribution in [0.5, 0.6) is 0 Å². The van der Waals surface area contributed by atoms with Crippen LogP contribution in [-0.2, 0) is 27.2 Å². The number of hydrogen-bond donors (Lipinski definition) is 2. The quantitative estimate of drug-likeness (QED) is 0.649. The van der Waals surface area contributed by atoms with Gasteiger partial charge in [0.25, 0.3) is 5.78 Å². The molecule has 6 nitrogen and oxygen atoms in total. The summed E-state index contributed by atoms with van der Waals surface area (Å²) in [5.74, 6) is -3.42. The smallest absolute Gasteiger partial charge is 0.376 e. The van der Waals surface area contributed by atoms with E-state index >= 15 is 0 Å². The molecule has 2 rings (SSSR count). The first kappa shape index (κ1) is 14.9. The average Bonchev–Trinajstić information content (AvgIpc) is 2.81. The van der Waals surface area contributed by atoms with Crippen LogP contribution in [-0.4, -0.2) is 22.8 Å². The van der Waals surface area contributed by atoms with E-state index in [2.05, 4.69) is 11.4 Å². The second-order valence-electron chi connectivity index (χ2n) is 4.52. The fourth-order valence-corrected chi connectivity index (χ4v) is 3.39. The van der Waals surface area contributed by atoms with Gasteiger partial charge in [-0.1, -0.05) is 0 Å². The Bertz CT molecular complexity index is 682. The lowest BCUT2D eigenvalue weighted by Crippen LogP contribution is -2.12. The van der Waals surface area contributed by atoms with E-state index in [9.17, 15) is 19.6 Å². The summed E-state index contributed by atoms with van der Waals surface area (Å²) in [5, 5.41) is 20.6. The molecule has 1 aliphatic rings. The van der Waals surface area contributed by atoms with Gasteiger partial charge in [-0.25, -0.2) is 4.79 Å². The lowest BCUT2D eigenvalue weighted by Gasteiger charge is -2.09. The van der Waals surface area contributed by atoms with Crippen LogP contribution in [0, 0.1) is 11.3 Å². The highest BCUT2D eigenvalue weighted by molar-refractivity contribution is 7.16. The van der Waals surface area contributed by atoms with Crippen LogP contribution < -0.4 is 5.32 Å². The number of aliphatic carboxylic acids is 1. The van der Waals surface area contributed by atoms with Crippen molar-refractivity contribution in [2.75, 3.05) is 5.32 Å². The number of anilines is 1. The van der Waals surface area contributed by atoms with Crippen molar-refractivity contribution in [3.05, 3.63) is 28.2 Å². The molecule has 1 aromatic heterocycles. The zero-order valence-corrected chi connectivity index (χ0v) is 11.8. The summed E-state index contributed by atoms with van der Waals surface area (Å²) in [6.07, 6.45) is 5.38. The first-order valence-electron chi connectivity index (χ1n) is 6.34. The van der Waals surface area contributed by atoms with Crippen molar-refractivity contribution in [2.24, 2.45) is 0 Å². The molecule has 1 aromatic rings. The number of fused-ring (bicyclic) bond motifs is 1. The van der Waals surface area contributed by atoms with Gasteiger partial charge in [0.15, 0.2) is 0 Å². The minimum Gasteiger partial charge on any atom is -0.475 e. The maximum atomic E-state index is 11.7. The van der Waals surface area contributed by atoms with Crippen LogP contribution in [0.2, 0.25) is 0 Å². The van der Waals surface area contributed by atoms with Crippen molar-refractivity contribution in [3.8, 4) is 6.07 Å². The van der Waals surface area contributed by atoms with Gasteiger partial charge in [0, 0.05) is 11.0 Å². The zero-order valence-electron chi connectivity index (χ0n) is 11.0. The van der Waals surface area contributed by atoms with E-state index in [-0.39, 0.29) is 0 Å². The molecule has 0 aliphatic heterocycles. The number of nitrogens with zero attached hydrogens (tertiary/aromatic N) is 1. The molecule has 0 bridgehead atoms. The van der Waals surface area contributed by atoms with Crippen molar-refractivity contribution in [1.29, 1.82) is 5.26 Å². The highest BCUT2D eigenvalue weighted by Gasteiger charge is 2.21. The third kappa shape index (κ3) is 3.35. The molecule has 1 aliphatic carbocycles. The van der Waals surface area contributed by atoms with Crippen LogP contribution >= 0.6 is 11.3 Å². The minimum atomic E-state index is -1.62. The third-order valence-electron chi connectivity index (χ3n) is 3.12. The molecule has 0 atom stereocenters. The molecule has 0 unspecified atom stereocenters. The Morgan fingerprint density at radius 3 is 2.62 bits per heavy atom. The molecule has 1 heterocycles. The fourth-order valence-electron chi connectivity index (χ4n) is 2.15. The van der Waals surface area contributed by atoms with Crippen LogP contribution in [0.15, 0.2) is 12.2 Å². The van der Waals surface area contributed by atoms with Crippen molar-refractivity contribution in [1.82, 2.24) is 0 Å². The molecule has 0 spiro atoms. The molecular formula is C14H12N2O4S. The molecule has 0 fully saturated rings. The SMILES string of the molecule is N#Cc1c(NC(=O)/C=C/C(=O)C(=O)O)sc2c1CCCC2. The highest BCUT2D eigenvalue weighted by atomic mass is 32.1. The number of hydrogen-bond acceptors (Lipinski definition) is 5. The van der Waals surface area contributed by atoms with Gasteiger partial charge in [0.1, 0.15) is 11.1 Å². The Morgan fingerprint density at radius 2 is 1.95 bits per heavy atom. The zero-order chi connectivity index (χ0) is 15.4. The van der Waals surface area contributed by atoms with Gasteiger partial charge in [-0.15, -0.1) is 11.3 Å². The van der Waals surface area contributed by atoms with Crippen molar-refractivity contribution in [2.45, 2.75) is 25.7 Å². The Kier molecular flexibility index (Phi) is 4.50. The normalized spacial score (nSPS) is 13.5. The number of nitrogens with one attached hydrogen (secondary N) is 1. The van der Waals surface area contributed by atoms with Crippen molar-refractivity contribution < 1.29 is 19.5 Å². The first-order chi connectivity index (χ1) is 10.0. The van der Waals surface area contributed by atoms with E-state index in [0.29, 0.717) is 16.6 Å². The Balaban J connectivity index is 2.15. The van der Waals surface area contributed by atoms with Gasteiger partial charge in [0.05, 0.1) is 5.56 Å². The summed E-state index contributed by atoms with van der Waals surface area (Å²) in [6, 6.07) is 2.10. The molecule has 0 saturated heterocycles. The van der Waals surface area contributed by atoms with Crippen LogP contribution in [0.25, 0.3) is 0 Å². The number of ketones is 1. The van der Waals surface area contributed by atoms with E-state index in [4.69, 9.17) is 5.11 Å². The van der Waals surface area contributed by atoms with Gasteiger partial charge in [0.2, 0.25) is 5.91 Å². The minimum absolute atomic E-state index is 0.460. The summed E-state index contributed by atoms with van der Waals surface area (Å²) in [5.41, 5.74) is 1.47. The highest BCUT2D eigenvalue weighted by Crippen LogP contribution is 2.37. The number of rotatable bonds is 4. The second-order valence-corrected chi connectivity index (χ2v) is 5.62. The Hall–Kier alpha value is -2.46. The maximum Gasteiger partial charge on any atom is 0.376 e. The average molecular weight is 304 g/mol. The predicted molar refractivity (Wildman–Crippen MR) is 76.1 cm³/mol. The summed E-state index contributed by atoms with van der Waals surface area (Å²) in [4.78, 5) is 34.0. The lowest BCUT2D eigenvalue weighted by atomic mass is 9.96. The van der Waals surface area contributed by atoms with Gasteiger partial charge < -0.3 is 10.4 Å². The molecule has 21 heavy (non-hydrogen) atoms. The number of thiophene rings is 1. The van der Waals surface area contributed by atoms with Crippen LogP contribution in [0.1, 0.15) is 28.8 Å². The van der Waals surface area contributed by atoms with E-state index in [1.54, 1.807) is 0 Å². The number of carbonyl (C=O) groups is 3. The van der Waals surface area contributed by atoms with Crippen LogP contribution in [0.4, 0.5) is 5.00 Å². The number of carboxylic acids is 1. The first-order valence-corrected chi connectivity index (χ1v) is 7.15. The number of aryl methyl sites for hydroxylation is 1. The molecule has 0 aromatic carbocycles. The molecule has 7 heteroatoms. The number of carbonyl (C=O) groups excluding carboxylic acids is 2. The Morgan fingerprint density at radius 1 is 1.24 bits per heavy atom. The van der Waals surface area contributed by atoms with E-state index < -0.39 is 17.7 Å². The summed E-state index contributed by atoms with van der Waals surface area (Å²) < 4.78 is 0. The standard InChI is InChI=1S/C14H12N2O4S/c15-7-9-8-3-1-2-4-11(8)21-13(9)16-12(18)6-5-10(17)14(19)20/h5-6H,1-4H2,(H,16,18)(H,19,20)/b6-5+. The summed E-state index contributed by atoms with van der Waals surface area (Å²) >= 11 is 1.37. The summed E-state index contributed by atoms with van der Waals surface area (Å²) in [7, 11) is 0. The monoisotopic (exact) mass is 304 g/mol. The van der Waals surface area contributed by atoms with Gasteiger partial charge in [-0.2, -0.15) is 5.26 Å². The largest absolute Gasteiger partial charge is 0.475 e. The molecular weight excluding hydrogens is 292 g/mol. The number of amides is 1.